The molecule has 1 aliphatic heterocycles. The Kier molecular flexibility index (Phi) is 5.38. The van der Waals surface area contributed by atoms with Crippen LogP contribution in [0.5, 0.6) is 0 Å². The highest BCUT2D eigenvalue weighted by molar-refractivity contribution is 7.16. The van der Waals surface area contributed by atoms with Crippen LogP contribution in [0.2, 0.25) is 5.02 Å². The van der Waals surface area contributed by atoms with Crippen LogP contribution in [-0.2, 0) is 22.6 Å². The molecule has 3 aromatic rings. The first-order chi connectivity index (χ1) is 14.0. The van der Waals surface area contributed by atoms with Crippen molar-refractivity contribution in [2.24, 2.45) is 0 Å². The second-order valence-electron chi connectivity index (χ2n) is 7.30. The molecule has 0 radical (unpaired) electrons. The van der Waals surface area contributed by atoms with Gasteiger partial charge in [-0.25, -0.2) is 0 Å². The number of aromatic nitrogens is 1. The van der Waals surface area contributed by atoms with Crippen molar-refractivity contribution in [1.82, 2.24) is 14.8 Å². The van der Waals surface area contributed by atoms with E-state index in [0.717, 1.165) is 15.8 Å². The van der Waals surface area contributed by atoms with Crippen molar-refractivity contribution in [1.29, 1.82) is 0 Å². The van der Waals surface area contributed by atoms with Crippen LogP contribution in [0.3, 0.4) is 0 Å². The molecule has 1 unspecified atom stereocenters. The predicted molar refractivity (Wildman–Crippen MR) is 114 cm³/mol. The van der Waals surface area contributed by atoms with E-state index in [9.17, 15) is 9.59 Å². The molecule has 8 heteroatoms. The quantitative estimate of drug-likeness (QED) is 0.607. The highest BCUT2D eigenvalue weighted by Crippen LogP contribution is 2.36. The van der Waals surface area contributed by atoms with Gasteiger partial charge in [-0.2, -0.15) is 0 Å². The average Bonchev–Trinajstić information content (AvgIpc) is 3.29. The first-order valence-corrected chi connectivity index (χ1v) is 10.6. The number of carbonyl (C=O) groups is 2. The summed E-state index contributed by atoms with van der Waals surface area (Å²) >= 11 is 7.93. The Bertz CT molecular complexity index is 1080. The fourth-order valence-corrected chi connectivity index (χ4v) is 4.85. The van der Waals surface area contributed by atoms with Gasteiger partial charge >= 0.3 is 0 Å². The molecular formula is C21H22ClN3O3S. The lowest BCUT2D eigenvalue weighted by Gasteiger charge is -2.44. The summed E-state index contributed by atoms with van der Waals surface area (Å²) in [4.78, 5) is 29.4. The normalized spacial score (nSPS) is 18.9. The molecule has 0 saturated carbocycles. The van der Waals surface area contributed by atoms with E-state index in [1.54, 1.807) is 29.4 Å². The number of rotatable bonds is 6. The molecular weight excluding hydrogens is 410 g/mol. The Labute approximate surface area is 178 Å². The van der Waals surface area contributed by atoms with Gasteiger partial charge in [0.15, 0.2) is 0 Å². The molecule has 1 atom stereocenters. The highest BCUT2D eigenvalue weighted by Gasteiger charge is 2.47. The van der Waals surface area contributed by atoms with Gasteiger partial charge in [-0.1, -0.05) is 29.8 Å². The number of thiophene rings is 1. The number of nitrogens with one attached hydrogen (secondary N) is 1. The van der Waals surface area contributed by atoms with Crippen LogP contribution >= 0.6 is 22.9 Å². The van der Waals surface area contributed by atoms with Crippen molar-refractivity contribution in [2.75, 3.05) is 20.3 Å². The van der Waals surface area contributed by atoms with E-state index in [4.69, 9.17) is 16.3 Å². The number of halogens is 1. The summed E-state index contributed by atoms with van der Waals surface area (Å²) in [5.41, 5.74) is 0.341. The molecule has 2 amide bonds. The third-order valence-corrected chi connectivity index (χ3v) is 6.72. The Balaban J connectivity index is 1.76. The van der Waals surface area contributed by atoms with Crippen molar-refractivity contribution >= 4 is 45.0 Å². The van der Waals surface area contributed by atoms with Crippen LogP contribution in [0.1, 0.15) is 23.0 Å². The van der Waals surface area contributed by atoms with Crippen LogP contribution in [0.15, 0.2) is 41.8 Å². The van der Waals surface area contributed by atoms with Gasteiger partial charge in [0.25, 0.3) is 5.91 Å². The molecule has 0 spiro atoms. The Morgan fingerprint density at radius 1 is 1.34 bits per heavy atom. The largest absolute Gasteiger partial charge is 0.383 e. The van der Waals surface area contributed by atoms with E-state index in [1.807, 2.05) is 47.2 Å². The van der Waals surface area contributed by atoms with Crippen LogP contribution in [0, 0.1) is 0 Å². The van der Waals surface area contributed by atoms with Gasteiger partial charge in [0.1, 0.15) is 16.1 Å². The molecule has 29 heavy (non-hydrogen) atoms. The molecule has 0 fully saturated rings. The summed E-state index contributed by atoms with van der Waals surface area (Å²) in [5, 5.41) is 6.49. The molecule has 6 nitrogen and oxygen atoms in total. The maximum atomic E-state index is 13.5. The number of hydrogen-bond acceptors (Lipinski definition) is 4. The van der Waals surface area contributed by atoms with Gasteiger partial charge in [0.2, 0.25) is 5.91 Å². The van der Waals surface area contributed by atoms with Crippen molar-refractivity contribution in [2.45, 2.75) is 25.6 Å². The van der Waals surface area contributed by atoms with Gasteiger partial charge in [0, 0.05) is 30.6 Å². The van der Waals surface area contributed by atoms with Gasteiger partial charge in [-0.15, -0.1) is 11.3 Å². The van der Waals surface area contributed by atoms with Crippen LogP contribution in [-0.4, -0.2) is 47.1 Å². The van der Waals surface area contributed by atoms with E-state index in [-0.39, 0.29) is 18.4 Å². The summed E-state index contributed by atoms with van der Waals surface area (Å²) in [6.07, 6.45) is 0. The van der Waals surface area contributed by atoms with E-state index in [0.29, 0.717) is 30.4 Å². The van der Waals surface area contributed by atoms with E-state index < -0.39 is 5.54 Å². The van der Waals surface area contributed by atoms with E-state index in [1.165, 1.54) is 0 Å². The zero-order valence-corrected chi connectivity index (χ0v) is 17.8. The van der Waals surface area contributed by atoms with Gasteiger partial charge in [-0.3, -0.25) is 9.59 Å². The molecule has 2 aromatic heterocycles. The van der Waals surface area contributed by atoms with Gasteiger partial charge in [-0.05, 0) is 36.1 Å². The number of methoxy groups -OCH3 is 1. The average molecular weight is 432 g/mol. The smallest absolute Gasteiger partial charge is 0.271 e. The first kappa shape index (κ1) is 19.9. The third-order valence-electron chi connectivity index (χ3n) is 5.40. The lowest BCUT2D eigenvalue weighted by Crippen LogP contribution is -2.63. The lowest BCUT2D eigenvalue weighted by atomic mass is 9.94. The third kappa shape index (κ3) is 3.43. The second kappa shape index (κ2) is 7.82. The van der Waals surface area contributed by atoms with Crippen LogP contribution < -0.4 is 5.32 Å². The highest BCUT2D eigenvalue weighted by atomic mass is 35.5. The molecule has 152 valence electrons. The summed E-state index contributed by atoms with van der Waals surface area (Å²) in [5.74, 6) is -0.386. The molecule has 1 N–H and O–H groups in total. The minimum Gasteiger partial charge on any atom is -0.383 e. The summed E-state index contributed by atoms with van der Waals surface area (Å²) < 4.78 is 7.01. The first-order valence-electron chi connectivity index (χ1n) is 9.35. The summed E-state index contributed by atoms with van der Waals surface area (Å²) in [7, 11) is 1.58. The zero-order valence-electron chi connectivity index (χ0n) is 16.3. The molecule has 4 rings (SSSR count). The SMILES string of the molecule is COCCNC(=O)C1(C)Cn2c(cc3ccsc32)C(=O)N1Cc1ccccc1Cl. The number of carbonyl (C=O) groups excluding carboxylic acids is 2. The summed E-state index contributed by atoms with van der Waals surface area (Å²) in [6.45, 7) is 3.23. The molecule has 0 saturated heterocycles. The van der Waals surface area contributed by atoms with Crippen molar-refractivity contribution in [3.63, 3.8) is 0 Å². The van der Waals surface area contributed by atoms with Gasteiger partial charge in [0.05, 0.1) is 13.2 Å². The fourth-order valence-electron chi connectivity index (χ4n) is 3.76. The topological polar surface area (TPSA) is 63.6 Å². The molecule has 0 bridgehead atoms. The number of hydrogen-bond donors (Lipinski definition) is 1. The Morgan fingerprint density at radius 2 is 2.14 bits per heavy atom. The molecule has 3 heterocycles. The number of ether oxygens (including phenoxy) is 1. The molecule has 0 aliphatic carbocycles. The fraction of sp³-hybridized carbons (Fsp3) is 0.333. The lowest BCUT2D eigenvalue weighted by molar-refractivity contribution is -0.133. The predicted octanol–water partition coefficient (Wildman–Crippen LogP) is 3.53. The summed E-state index contributed by atoms with van der Waals surface area (Å²) in [6, 6.07) is 11.3. The van der Waals surface area contributed by atoms with E-state index in [2.05, 4.69) is 5.32 Å². The number of fused-ring (bicyclic) bond motifs is 3. The number of nitrogens with zero attached hydrogens (tertiary/aromatic N) is 2. The maximum Gasteiger partial charge on any atom is 0.271 e. The number of benzene rings is 1. The minimum atomic E-state index is -1.06. The molecule has 1 aromatic carbocycles. The maximum absolute atomic E-state index is 13.5. The second-order valence-corrected chi connectivity index (χ2v) is 8.60. The van der Waals surface area contributed by atoms with Crippen molar-refractivity contribution < 1.29 is 14.3 Å². The van der Waals surface area contributed by atoms with E-state index >= 15 is 0 Å². The number of amides is 2. The van der Waals surface area contributed by atoms with Crippen LogP contribution in [0.25, 0.3) is 10.2 Å². The van der Waals surface area contributed by atoms with Crippen molar-refractivity contribution in [3.8, 4) is 0 Å². The van der Waals surface area contributed by atoms with Crippen LogP contribution in [0.4, 0.5) is 0 Å². The van der Waals surface area contributed by atoms with Crippen molar-refractivity contribution in [3.05, 3.63) is 58.1 Å². The Morgan fingerprint density at radius 3 is 2.90 bits per heavy atom. The zero-order chi connectivity index (χ0) is 20.6. The minimum absolute atomic E-state index is 0.177. The van der Waals surface area contributed by atoms with Gasteiger partial charge < -0.3 is 19.5 Å². The Hall–Kier alpha value is -2.35. The molecule has 1 aliphatic rings. The monoisotopic (exact) mass is 431 g/mol. The standard InChI is InChI=1S/C21H22ClN3O3S/c1-21(20(27)23-8-9-28-2)13-24-17(11-14-7-10-29-19(14)24)18(26)25(21)12-15-5-3-4-6-16(15)22/h3-7,10-11H,8-9,12-13H2,1-2H3,(H,23,27).